The van der Waals surface area contributed by atoms with Gasteiger partial charge in [-0.15, -0.1) is 0 Å². The van der Waals surface area contributed by atoms with Gasteiger partial charge in [0.15, 0.2) is 6.29 Å². The van der Waals surface area contributed by atoms with Crippen molar-refractivity contribution in [2.24, 2.45) is 7.05 Å². The predicted octanol–water partition coefficient (Wildman–Crippen LogP) is 3.37. The summed E-state index contributed by atoms with van der Waals surface area (Å²) < 4.78 is 1.75. The number of hydrogen-bond acceptors (Lipinski definition) is 4. The average molecular weight is 473 g/mol. The van der Waals surface area contributed by atoms with E-state index >= 15 is 0 Å². The SMILES string of the molecule is Cc1cc(C)c(NC(=O)CN2NC3N(C)C(=O)c4c(c(-c5ccccc5)cn4C)N3C2=O)c(C)c1. The van der Waals surface area contributed by atoms with Gasteiger partial charge in [0.1, 0.15) is 12.2 Å². The summed E-state index contributed by atoms with van der Waals surface area (Å²) in [5, 5.41) is 4.20. The Morgan fingerprint density at radius 1 is 1.03 bits per heavy atom. The van der Waals surface area contributed by atoms with Crippen molar-refractivity contribution >= 4 is 29.2 Å². The van der Waals surface area contributed by atoms with E-state index in [4.69, 9.17) is 0 Å². The minimum atomic E-state index is -0.733. The van der Waals surface area contributed by atoms with E-state index in [0.717, 1.165) is 33.5 Å². The highest BCUT2D eigenvalue weighted by Gasteiger charge is 2.49. The van der Waals surface area contributed by atoms with Gasteiger partial charge in [0.2, 0.25) is 5.91 Å². The minimum Gasteiger partial charge on any atom is -0.344 e. The lowest BCUT2D eigenvalue weighted by atomic mass is 10.0. The van der Waals surface area contributed by atoms with Gasteiger partial charge in [-0.2, -0.15) is 5.43 Å². The van der Waals surface area contributed by atoms with Crippen LogP contribution in [0.1, 0.15) is 27.2 Å². The molecule has 0 spiro atoms. The second-order valence-electron chi connectivity index (χ2n) is 9.20. The summed E-state index contributed by atoms with van der Waals surface area (Å²) in [4.78, 5) is 42.8. The Balaban J connectivity index is 1.46. The summed E-state index contributed by atoms with van der Waals surface area (Å²) in [5.74, 6) is -0.533. The molecule has 1 fully saturated rings. The second kappa shape index (κ2) is 8.28. The Morgan fingerprint density at radius 3 is 2.34 bits per heavy atom. The van der Waals surface area contributed by atoms with Gasteiger partial charge in [0.05, 0.1) is 5.69 Å². The number of hydrazine groups is 1. The zero-order valence-corrected chi connectivity index (χ0v) is 20.4. The first kappa shape index (κ1) is 22.7. The number of carbonyl (C=O) groups excluding carboxylic acids is 3. The van der Waals surface area contributed by atoms with Crippen LogP contribution in [-0.2, 0) is 11.8 Å². The quantitative estimate of drug-likeness (QED) is 0.609. The zero-order valence-electron chi connectivity index (χ0n) is 20.4. The molecule has 2 aliphatic heterocycles. The van der Waals surface area contributed by atoms with Crippen molar-refractivity contribution in [3.8, 4) is 11.1 Å². The Morgan fingerprint density at radius 2 is 1.69 bits per heavy atom. The second-order valence-corrected chi connectivity index (χ2v) is 9.20. The lowest BCUT2D eigenvalue weighted by Crippen LogP contribution is -2.56. The highest BCUT2D eigenvalue weighted by Crippen LogP contribution is 2.42. The Hall–Kier alpha value is -4.11. The molecule has 3 heterocycles. The summed E-state index contributed by atoms with van der Waals surface area (Å²) in [6, 6.07) is 13.2. The van der Waals surface area contributed by atoms with Crippen molar-refractivity contribution in [1.29, 1.82) is 0 Å². The Labute approximate surface area is 203 Å². The molecule has 0 bridgehead atoms. The average Bonchev–Trinajstić information content (AvgIpc) is 3.32. The van der Waals surface area contributed by atoms with E-state index in [0.29, 0.717) is 11.4 Å². The molecule has 0 aliphatic carbocycles. The molecule has 1 atom stereocenters. The highest BCUT2D eigenvalue weighted by molar-refractivity contribution is 6.12. The fourth-order valence-corrected chi connectivity index (χ4v) is 4.99. The molecule has 1 unspecified atom stereocenters. The summed E-state index contributed by atoms with van der Waals surface area (Å²) in [6.07, 6.45) is 1.13. The molecule has 9 heteroatoms. The van der Waals surface area contributed by atoms with Crippen molar-refractivity contribution in [3.05, 3.63) is 71.0 Å². The van der Waals surface area contributed by atoms with Gasteiger partial charge in [-0.3, -0.25) is 14.5 Å². The third-order valence-electron chi connectivity index (χ3n) is 6.57. The van der Waals surface area contributed by atoms with Crippen LogP contribution in [0.15, 0.2) is 48.7 Å². The summed E-state index contributed by atoms with van der Waals surface area (Å²) >= 11 is 0. The molecule has 1 saturated heterocycles. The van der Waals surface area contributed by atoms with Crippen molar-refractivity contribution in [1.82, 2.24) is 19.9 Å². The van der Waals surface area contributed by atoms with Crippen LogP contribution >= 0.6 is 0 Å². The number of fused-ring (bicyclic) bond motifs is 3. The summed E-state index contributed by atoms with van der Waals surface area (Å²) in [5.41, 5.74) is 9.47. The van der Waals surface area contributed by atoms with Gasteiger partial charge in [-0.1, -0.05) is 48.0 Å². The number of aromatic nitrogens is 1. The van der Waals surface area contributed by atoms with E-state index in [1.54, 1.807) is 23.6 Å². The molecule has 35 heavy (non-hydrogen) atoms. The summed E-state index contributed by atoms with van der Waals surface area (Å²) in [6.45, 7) is 5.69. The van der Waals surface area contributed by atoms with Gasteiger partial charge in [0.25, 0.3) is 5.91 Å². The minimum absolute atomic E-state index is 0.205. The van der Waals surface area contributed by atoms with E-state index in [9.17, 15) is 14.4 Å². The number of nitrogens with one attached hydrogen (secondary N) is 2. The molecule has 4 amide bonds. The molecular formula is C26H28N6O3. The molecule has 2 aliphatic rings. The van der Waals surface area contributed by atoms with Gasteiger partial charge in [-0.05, 0) is 37.5 Å². The van der Waals surface area contributed by atoms with Crippen molar-refractivity contribution in [2.75, 3.05) is 23.8 Å². The van der Waals surface area contributed by atoms with Crippen molar-refractivity contribution < 1.29 is 14.4 Å². The number of carbonyl (C=O) groups is 3. The van der Waals surface area contributed by atoms with Gasteiger partial charge >= 0.3 is 6.03 Å². The molecule has 0 saturated carbocycles. The van der Waals surface area contributed by atoms with E-state index in [2.05, 4.69) is 10.7 Å². The van der Waals surface area contributed by atoms with Gasteiger partial charge in [0, 0.05) is 31.5 Å². The van der Waals surface area contributed by atoms with Crippen LogP contribution in [0.3, 0.4) is 0 Å². The maximum Gasteiger partial charge on any atom is 0.342 e. The number of nitrogens with zero attached hydrogens (tertiary/aromatic N) is 4. The number of amides is 4. The van der Waals surface area contributed by atoms with Crippen LogP contribution in [0.25, 0.3) is 11.1 Å². The number of aryl methyl sites for hydroxylation is 4. The smallest absolute Gasteiger partial charge is 0.342 e. The van der Waals surface area contributed by atoms with Crippen molar-refractivity contribution in [3.63, 3.8) is 0 Å². The fraction of sp³-hybridized carbons (Fsp3) is 0.269. The van der Waals surface area contributed by atoms with E-state index in [1.165, 1.54) is 9.91 Å². The fourth-order valence-electron chi connectivity index (χ4n) is 4.99. The number of benzene rings is 2. The van der Waals surface area contributed by atoms with Gasteiger partial charge in [-0.25, -0.2) is 9.80 Å². The number of anilines is 2. The largest absolute Gasteiger partial charge is 0.344 e. The molecule has 9 nitrogen and oxygen atoms in total. The van der Waals surface area contributed by atoms with Crippen LogP contribution in [0.4, 0.5) is 16.2 Å². The molecular weight excluding hydrogens is 444 g/mol. The molecule has 1 aromatic heterocycles. The van der Waals surface area contributed by atoms with Crippen molar-refractivity contribution in [2.45, 2.75) is 27.1 Å². The highest BCUT2D eigenvalue weighted by atomic mass is 16.2. The first-order valence-electron chi connectivity index (χ1n) is 11.4. The monoisotopic (exact) mass is 472 g/mol. The molecule has 180 valence electrons. The van der Waals surface area contributed by atoms with Gasteiger partial charge < -0.3 is 14.8 Å². The van der Waals surface area contributed by atoms with Crippen LogP contribution < -0.4 is 15.6 Å². The maximum absolute atomic E-state index is 13.6. The predicted molar refractivity (Wildman–Crippen MR) is 134 cm³/mol. The van der Waals surface area contributed by atoms with E-state index in [-0.39, 0.29) is 18.4 Å². The van der Waals surface area contributed by atoms with Crippen LogP contribution in [0, 0.1) is 20.8 Å². The first-order chi connectivity index (χ1) is 16.7. The van der Waals surface area contributed by atoms with Crippen LogP contribution in [-0.4, -0.2) is 52.2 Å². The lowest BCUT2D eigenvalue weighted by Gasteiger charge is -2.36. The number of rotatable bonds is 4. The van der Waals surface area contributed by atoms with Crippen LogP contribution in [0.5, 0.6) is 0 Å². The molecule has 2 N–H and O–H groups in total. The van der Waals surface area contributed by atoms with Crippen LogP contribution in [0.2, 0.25) is 0 Å². The Bertz CT molecular complexity index is 1340. The standard InChI is InChI=1S/C26H28N6O3/c1-15-11-16(2)21(17(3)12-15)27-20(33)14-31-26(35)32-22-19(18-9-7-6-8-10-18)13-29(4)23(22)24(34)30(5)25(32)28-31/h6-13,25,28H,14H2,1-5H3,(H,27,33). The van der Waals surface area contributed by atoms with E-state index in [1.807, 2.05) is 69.4 Å². The number of hydrogen-bond donors (Lipinski definition) is 2. The normalized spacial score (nSPS) is 17.1. The third-order valence-corrected chi connectivity index (χ3v) is 6.57. The summed E-state index contributed by atoms with van der Waals surface area (Å²) in [7, 11) is 3.43. The molecule has 5 rings (SSSR count). The zero-order chi connectivity index (χ0) is 25.0. The maximum atomic E-state index is 13.6. The third kappa shape index (κ3) is 3.64. The topological polar surface area (TPSA) is 89.9 Å². The van der Waals surface area contributed by atoms with E-state index < -0.39 is 12.3 Å². The first-order valence-corrected chi connectivity index (χ1v) is 11.4. The lowest BCUT2D eigenvalue weighted by molar-refractivity contribution is -0.117. The molecule has 2 aromatic carbocycles. The molecule has 0 radical (unpaired) electrons. The number of urea groups is 1. The molecule has 3 aromatic rings. The Kier molecular flexibility index (Phi) is 5.36.